The molecule has 0 aliphatic rings. The minimum atomic E-state index is 0.865. The molecule has 0 spiro atoms. The van der Waals surface area contributed by atoms with Crippen molar-refractivity contribution in [2.24, 2.45) is 0 Å². The fourth-order valence-corrected chi connectivity index (χ4v) is 7.79. The molecular weight excluding hydrogens is 621 g/mol. The number of hydrogen-bond donors (Lipinski definition) is 0. The normalized spacial score (nSPS) is 11.5. The highest BCUT2D eigenvalue weighted by molar-refractivity contribution is 6.14. The average Bonchev–Trinajstić information content (AvgIpc) is 3.75. The van der Waals surface area contributed by atoms with E-state index in [-0.39, 0.29) is 0 Å². The number of benzene rings is 8. The molecule has 240 valence electrons. The second kappa shape index (κ2) is 11.9. The fourth-order valence-electron chi connectivity index (χ4n) is 7.79. The molecule has 0 fully saturated rings. The summed E-state index contributed by atoms with van der Waals surface area (Å²) in [6.45, 7) is 0. The number of para-hydroxylation sites is 5. The summed E-state index contributed by atoms with van der Waals surface area (Å²) in [6, 6.07) is 69.1. The van der Waals surface area contributed by atoms with Gasteiger partial charge in [-0.15, -0.1) is 0 Å². The molecule has 3 nitrogen and oxygen atoms in total. The maximum absolute atomic E-state index is 6.42. The maximum Gasteiger partial charge on any atom is 0.137 e. The Balaban J connectivity index is 1.23. The van der Waals surface area contributed by atoms with Crippen molar-refractivity contribution in [3.05, 3.63) is 194 Å². The smallest absolute Gasteiger partial charge is 0.137 e. The number of rotatable bonds is 6. The van der Waals surface area contributed by atoms with Crippen molar-refractivity contribution in [2.45, 2.75) is 0 Å². The van der Waals surface area contributed by atoms with Gasteiger partial charge in [-0.3, -0.25) is 0 Å². The van der Waals surface area contributed by atoms with Crippen LogP contribution in [0.5, 0.6) is 0 Å². The Hall–Kier alpha value is -6.84. The average molecular weight is 653 g/mol. The minimum absolute atomic E-state index is 0.865. The molecule has 51 heavy (non-hydrogen) atoms. The number of fused-ring (bicyclic) bond motifs is 6. The summed E-state index contributed by atoms with van der Waals surface area (Å²) in [5, 5.41) is 4.69. The summed E-state index contributed by atoms with van der Waals surface area (Å²) in [5.74, 6) is 0. The Labute approximate surface area is 295 Å². The molecule has 0 atom stereocenters. The standard InChI is InChI=1S/C48H32N2O/c1-2-16-33(17-3-1)36-20-4-9-25-41(36)49(45-29-15-31-47-48(45)40-24-8-13-30-46(40)51-47)35-19-14-18-34(32-35)37-21-5-10-26-42(37)50-43-27-11-6-22-38(43)39-23-7-12-28-44(39)50/h1-32H. The van der Waals surface area contributed by atoms with Gasteiger partial charge in [-0.2, -0.15) is 0 Å². The third-order valence-electron chi connectivity index (χ3n) is 9.99. The van der Waals surface area contributed by atoms with E-state index in [0.29, 0.717) is 0 Å². The van der Waals surface area contributed by atoms with Gasteiger partial charge in [0.25, 0.3) is 0 Å². The molecule has 0 amide bonds. The second-order valence-corrected chi connectivity index (χ2v) is 12.9. The van der Waals surface area contributed by atoms with E-state index in [1.807, 2.05) is 12.1 Å². The zero-order chi connectivity index (χ0) is 33.7. The molecule has 0 N–H and O–H groups in total. The largest absolute Gasteiger partial charge is 0.456 e. The van der Waals surface area contributed by atoms with Gasteiger partial charge >= 0.3 is 0 Å². The molecular formula is C48H32N2O. The van der Waals surface area contributed by atoms with Gasteiger partial charge in [0.2, 0.25) is 0 Å². The van der Waals surface area contributed by atoms with Crippen LogP contribution in [0.4, 0.5) is 17.1 Å². The van der Waals surface area contributed by atoms with Crippen molar-refractivity contribution >= 4 is 60.8 Å². The molecule has 0 radical (unpaired) electrons. The van der Waals surface area contributed by atoms with Gasteiger partial charge in [0, 0.05) is 33.0 Å². The number of furan rings is 1. The van der Waals surface area contributed by atoms with E-state index < -0.39 is 0 Å². The van der Waals surface area contributed by atoms with E-state index >= 15 is 0 Å². The van der Waals surface area contributed by atoms with Crippen LogP contribution in [0.3, 0.4) is 0 Å². The lowest BCUT2D eigenvalue weighted by molar-refractivity contribution is 0.669. The van der Waals surface area contributed by atoms with Gasteiger partial charge in [-0.25, -0.2) is 0 Å². The van der Waals surface area contributed by atoms with Crippen LogP contribution in [0.25, 0.3) is 71.7 Å². The summed E-state index contributed by atoms with van der Waals surface area (Å²) >= 11 is 0. The first kappa shape index (κ1) is 29.1. The van der Waals surface area contributed by atoms with E-state index in [4.69, 9.17) is 4.42 Å². The Kier molecular flexibility index (Phi) is 6.81. The zero-order valence-corrected chi connectivity index (χ0v) is 27.8. The highest BCUT2D eigenvalue weighted by Gasteiger charge is 2.23. The van der Waals surface area contributed by atoms with Crippen molar-refractivity contribution in [1.29, 1.82) is 0 Å². The Morgan fingerprint density at radius 2 is 0.961 bits per heavy atom. The molecule has 10 aromatic rings. The van der Waals surface area contributed by atoms with Crippen LogP contribution in [-0.4, -0.2) is 4.57 Å². The Morgan fingerprint density at radius 3 is 1.76 bits per heavy atom. The molecule has 10 rings (SSSR count). The molecule has 0 aliphatic carbocycles. The summed E-state index contributed by atoms with van der Waals surface area (Å²) in [6.07, 6.45) is 0. The van der Waals surface area contributed by atoms with E-state index in [0.717, 1.165) is 66.9 Å². The van der Waals surface area contributed by atoms with E-state index in [1.54, 1.807) is 0 Å². The van der Waals surface area contributed by atoms with Crippen LogP contribution in [0.1, 0.15) is 0 Å². The first-order valence-corrected chi connectivity index (χ1v) is 17.4. The van der Waals surface area contributed by atoms with Crippen molar-refractivity contribution in [2.75, 3.05) is 4.90 Å². The highest BCUT2D eigenvalue weighted by atomic mass is 16.3. The number of aromatic nitrogens is 1. The fraction of sp³-hybridized carbons (Fsp3) is 0. The van der Waals surface area contributed by atoms with Gasteiger partial charge in [-0.1, -0.05) is 140 Å². The second-order valence-electron chi connectivity index (χ2n) is 12.9. The molecule has 0 unspecified atom stereocenters. The van der Waals surface area contributed by atoms with Gasteiger partial charge in [-0.05, 0) is 65.7 Å². The number of nitrogens with zero attached hydrogens (tertiary/aromatic N) is 2. The summed E-state index contributed by atoms with van der Waals surface area (Å²) in [7, 11) is 0. The maximum atomic E-state index is 6.42. The molecule has 3 heteroatoms. The van der Waals surface area contributed by atoms with Crippen LogP contribution in [0, 0.1) is 0 Å². The quantitative estimate of drug-likeness (QED) is 0.178. The minimum Gasteiger partial charge on any atom is -0.456 e. The first-order valence-electron chi connectivity index (χ1n) is 17.4. The molecule has 2 aromatic heterocycles. The van der Waals surface area contributed by atoms with Crippen molar-refractivity contribution < 1.29 is 4.42 Å². The molecule has 0 aliphatic heterocycles. The molecule has 0 bridgehead atoms. The molecule has 0 saturated heterocycles. The van der Waals surface area contributed by atoms with E-state index in [9.17, 15) is 0 Å². The first-order chi connectivity index (χ1) is 25.3. The molecule has 2 heterocycles. The van der Waals surface area contributed by atoms with E-state index in [2.05, 4.69) is 191 Å². The highest BCUT2D eigenvalue weighted by Crippen LogP contribution is 2.47. The summed E-state index contributed by atoms with van der Waals surface area (Å²) < 4.78 is 8.83. The van der Waals surface area contributed by atoms with Crippen molar-refractivity contribution in [3.63, 3.8) is 0 Å². The van der Waals surface area contributed by atoms with Crippen LogP contribution < -0.4 is 4.90 Å². The molecule has 8 aromatic carbocycles. The zero-order valence-electron chi connectivity index (χ0n) is 27.8. The lowest BCUT2D eigenvalue weighted by atomic mass is 9.99. The van der Waals surface area contributed by atoms with Crippen LogP contribution in [0.2, 0.25) is 0 Å². The Morgan fingerprint density at radius 1 is 0.392 bits per heavy atom. The van der Waals surface area contributed by atoms with Crippen molar-refractivity contribution in [1.82, 2.24) is 4.57 Å². The summed E-state index contributed by atoms with van der Waals surface area (Å²) in [4.78, 5) is 2.40. The van der Waals surface area contributed by atoms with Gasteiger partial charge in [0.15, 0.2) is 0 Å². The van der Waals surface area contributed by atoms with E-state index in [1.165, 1.54) is 21.8 Å². The Bertz CT molecular complexity index is 2830. The summed E-state index contributed by atoms with van der Waals surface area (Å²) in [5.41, 5.74) is 13.1. The topological polar surface area (TPSA) is 21.3 Å². The third kappa shape index (κ3) is 4.74. The van der Waals surface area contributed by atoms with Crippen LogP contribution >= 0.6 is 0 Å². The van der Waals surface area contributed by atoms with Gasteiger partial charge < -0.3 is 13.9 Å². The lowest BCUT2D eigenvalue weighted by Crippen LogP contribution is -2.11. The van der Waals surface area contributed by atoms with Crippen molar-refractivity contribution in [3.8, 4) is 27.9 Å². The molecule has 0 saturated carbocycles. The number of anilines is 3. The van der Waals surface area contributed by atoms with Crippen LogP contribution in [-0.2, 0) is 0 Å². The third-order valence-corrected chi connectivity index (χ3v) is 9.99. The van der Waals surface area contributed by atoms with Gasteiger partial charge in [0.05, 0.1) is 33.5 Å². The monoisotopic (exact) mass is 652 g/mol. The van der Waals surface area contributed by atoms with Crippen LogP contribution in [0.15, 0.2) is 199 Å². The SMILES string of the molecule is c1ccc(-c2ccccc2N(c2cccc(-c3ccccc3-n3c4ccccc4c4ccccc43)c2)c2cccc3oc4ccccc4c23)cc1. The van der Waals surface area contributed by atoms with Gasteiger partial charge in [0.1, 0.15) is 11.2 Å². The predicted molar refractivity (Wildman–Crippen MR) is 214 cm³/mol. The lowest BCUT2D eigenvalue weighted by Gasteiger charge is -2.29. The predicted octanol–water partition coefficient (Wildman–Crippen LogP) is 13.5. The number of hydrogen-bond acceptors (Lipinski definition) is 2.